The summed E-state index contributed by atoms with van der Waals surface area (Å²) in [5.74, 6) is -4.09. The minimum absolute atomic E-state index is 0.0669. The summed E-state index contributed by atoms with van der Waals surface area (Å²) in [4.78, 5) is 27.9. The molecule has 5 rings (SSSR count). The maximum Gasteiger partial charge on any atom is 0.434 e. The Morgan fingerprint density at radius 2 is 1.69 bits per heavy atom. The fourth-order valence-corrected chi connectivity index (χ4v) is 4.52. The van der Waals surface area contributed by atoms with Crippen LogP contribution in [0.15, 0.2) is 30.7 Å². The van der Waals surface area contributed by atoms with Crippen LogP contribution in [0.2, 0.25) is 0 Å². The Kier molecular flexibility index (Phi) is 5.85. The van der Waals surface area contributed by atoms with E-state index in [2.05, 4.69) is 15.0 Å². The number of fused-ring (bicyclic) bond motifs is 1. The van der Waals surface area contributed by atoms with Gasteiger partial charge in [0.1, 0.15) is 29.6 Å². The summed E-state index contributed by atoms with van der Waals surface area (Å²) in [5.41, 5.74) is 5.05. The maximum absolute atomic E-state index is 14.3. The first kappa shape index (κ1) is 24.0. The van der Waals surface area contributed by atoms with Crippen LogP contribution in [0, 0.1) is 17.5 Å². The molecule has 2 aromatic heterocycles. The third-order valence-corrected chi connectivity index (χ3v) is 6.38. The van der Waals surface area contributed by atoms with E-state index in [1.165, 1.54) is 21.9 Å². The van der Waals surface area contributed by atoms with Crippen LogP contribution in [0.5, 0.6) is 0 Å². The lowest BCUT2D eigenvalue weighted by molar-refractivity contribution is -0.141. The molecule has 0 unspecified atom stereocenters. The SMILES string of the molecule is N[C@H]1CN(c2cc(N3CCn4cc(C(F)(F)F)nc4C3)ncn2)C(=O)C[C@@H]1c1cc(F)c(F)cc1F. The number of rotatable bonds is 3. The number of benzene rings is 1. The summed E-state index contributed by atoms with van der Waals surface area (Å²) in [6.45, 7) is 0.601. The van der Waals surface area contributed by atoms with Crippen LogP contribution in [0.1, 0.15) is 29.4 Å². The molecule has 0 aliphatic carbocycles. The van der Waals surface area contributed by atoms with Crippen molar-refractivity contribution >= 4 is 17.5 Å². The number of amides is 1. The van der Waals surface area contributed by atoms with Gasteiger partial charge in [-0.05, 0) is 11.6 Å². The van der Waals surface area contributed by atoms with E-state index < -0.39 is 47.2 Å². The zero-order valence-corrected chi connectivity index (χ0v) is 18.5. The van der Waals surface area contributed by atoms with Crippen molar-refractivity contribution in [2.45, 2.75) is 37.6 Å². The molecule has 1 aromatic carbocycles. The molecule has 36 heavy (non-hydrogen) atoms. The molecule has 0 radical (unpaired) electrons. The molecule has 2 atom stereocenters. The lowest BCUT2D eigenvalue weighted by Crippen LogP contribution is -2.51. The van der Waals surface area contributed by atoms with E-state index in [1.807, 2.05) is 0 Å². The predicted molar refractivity (Wildman–Crippen MR) is 114 cm³/mol. The number of nitrogens with zero attached hydrogens (tertiary/aromatic N) is 6. The Morgan fingerprint density at radius 1 is 0.972 bits per heavy atom. The second-order valence-corrected chi connectivity index (χ2v) is 8.66. The first-order chi connectivity index (χ1) is 17.0. The molecule has 2 N–H and O–H groups in total. The molecule has 190 valence electrons. The summed E-state index contributed by atoms with van der Waals surface area (Å²) in [7, 11) is 0. The van der Waals surface area contributed by atoms with Gasteiger partial charge in [-0.3, -0.25) is 9.69 Å². The van der Waals surface area contributed by atoms with Gasteiger partial charge in [-0.1, -0.05) is 0 Å². The number of carbonyl (C=O) groups excluding carboxylic acids is 1. The number of anilines is 2. The highest BCUT2D eigenvalue weighted by Gasteiger charge is 2.37. The average molecular weight is 511 g/mol. The topological polar surface area (TPSA) is 93.2 Å². The van der Waals surface area contributed by atoms with E-state index in [-0.39, 0.29) is 43.3 Å². The molecule has 2 aliphatic heterocycles. The molecule has 0 bridgehead atoms. The Balaban J connectivity index is 1.35. The van der Waals surface area contributed by atoms with E-state index >= 15 is 0 Å². The van der Waals surface area contributed by atoms with Gasteiger partial charge in [0.05, 0.1) is 6.54 Å². The second-order valence-electron chi connectivity index (χ2n) is 8.66. The number of hydrogen-bond acceptors (Lipinski definition) is 6. The Hall–Kier alpha value is -3.68. The van der Waals surface area contributed by atoms with Crippen LogP contribution in [0.3, 0.4) is 0 Å². The van der Waals surface area contributed by atoms with E-state index in [4.69, 9.17) is 5.73 Å². The van der Waals surface area contributed by atoms with Gasteiger partial charge in [-0.15, -0.1) is 0 Å². The normalized spacial score (nSPS) is 20.6. The van der Waals surface area contributed by atoms with Crippen molar-refractivity contribution in [1.82, 2.24) is 19.5 Å². The van der Waals surface area contributed by atoms with Gasteiger partial charge < -0.3 is 15.2 Å². The molecule has 1 saturated heterocycles. The van der Waals surface area contributed by atoms with Crippen molar-refractivity contribution in [2.75, 3.05) is 22.9 Å². The molecular formula is C22H19F6N7O. The highest BCUT2D eigenvalue weighted by molar-refractivity contribution is 5.94. The Morgan fingerprint density at radius 3 is 2.44 bits per heavy atom. The molecular weight excluding hydrogens is 492 g/mol. The maximum atomic E-state index is 14.3. The second kappa shape index (κ2) is 8.76. The fourth-order valence-electron chi connectivity index (χ4n) is 4.52. The van der Waals surface area contributed by atoms with Gasteiger partial charge in [-0.25, -0.2) is 28.1 Å². The van der Waals surface area contributed by atoms with Crippen molar-refractivity contribution in [1.29, 1.82) is 0 Å². The monoisotopic (exact) mass is 511 g/mol. The summed E-state index contributed by atoms with van der Waals surface area (Å²) in [6, 6.07) is 1.84. The van der Waals surface area contributed by atoms with E-state index in [0.717, 1.165) is 6.20 Å². The van der Waals surface area contributed by atoms with Crippen LogP contribution in [0.25, 0.3) is 0 Å². The van der Waals surface area contributed by atoms with Gasteiger partial charge in [0.25, 0.3) is 0 Å². The highest BCUT2D eigenvalue weighted by Crippen LogP contribution is 2.34. The van der Waals surface area contributed by atoms with Crippen molar-refractivity contribution in [2.24, 2.45) is 5.73 Å². The molecule has 3 aromatic rings. The Labute approximate surface area is 200 Å². The molecule has 0 saturated carbocycles. The van der Waals surface area contributed by atoms with Crippen molar-refractivity contribution < 1.29 is 31.1 Å². The summed E-state index contributed by atoms with van der Waals surface area (Å²) in [6.07, 6.45) is -2.63. The molecule has 2 aliphatic rings. The van der Waals surface area contributed by atoms with Crippen molar-refractivity contribution in [3.8, 4) is 0 Å². The fraction of sp³-hybridized carbons (Fsp3) is 0.364. The standard InChI is InChI=1S/C22H19F6N7O/c23-13-5-15(25)14(24)3-11(13)12-4-21(36)35(7-16(12)29)19-6-18(30-10-31-19)34-2-1-33-8-17(22(26,27)28)32-20(33)9-34/h3,5-6,8,10,12,16H,1-2,4,7,9,29H2/t12-,16+/m1/s1. The minimum Gasteiger partial charge on any atom is -0.347 e. The summed E-state index contributed by atoms with van der Waals surface area (Å²) < 4.78 is 81.7. The zero-order valence-electron chi connectivity index (χ0n) is 18.5. The number of alkyl halides is 3. The number of hydrogen-bond donors (Lipinski definition) is 1. The molecule has 1 fully saturated rings. The summed E-state index contributed by atoms with van der Waals surface area (Å²) in [5, 5.41) is 0. The van der Waals surface area contributed by atoms with Crippen molar-refractivity contribution in [3.63, 3.8) is 0 Å². The van der Waals surface area contributed by atoms with Crippen LogP contribution in [-0.4, -0.2) is 44.6 Å². The summed E-state index contributed by atoms with van der Waals surface area (Å²) >= 11 is 0. The smallest absolute Gasteiger partial charge is 0.347 e. The van der Waals surface area contributed by atoms with Gasteiger partial charge in [-0.2, -0.15) is 13.2 Å². The quantitative estimate of drug-likeness (QED) is 0.430. The molecule has 14 heteroatoms. The third-order valence-electron chi connectivity index (χ3n) is 6.38. The zero-order chi connectivity index (χ0) is 25.8. The molecule has 8 nitrogen and oxygen atoms in total. The number of halogens is 6. The Bertz CT molecular complexity index is 1330. The van der Waals surface area contributed by atoms with Crippen LogP contribution < -0.4 is 15.5 Å². The highest BCUT2D eigenvalue weighted by atomic mass is 19.4. The van der Waals surface area contributed by atoms with Crippen molar-refractivity contribution in [3.05, 3.63) is 65.3 Å². The first-order valence-electron chi connectivity index (χ1n) is 10.9. The number of piperidine rings is 1. The predicted octanol–water partition coefficient (Wildman–Crippen LogP) is 2.98. The average Bonchev–Trinajstić information content (AvgIpc) is 3.27. The van der Waals surface area contributed by atoms with Gasteiger partial charge in [0.15, 0.2) is 17.3 Å². The molecule has 4 heterocycles. The molecule has 0 spiro atoms. The van der Waals surface area contributed by atoms with E-state index in [9.17, 15) is 31.1 Å². The largest absolute Gasteiger partial charge is 0.434 e. The lowest BCUT2D eigenvalue weighted by Gasteiger charge is -2.36. The van der Waals surface area contributed by atoms with Gasteiger partial charge in [0, 0.05) is 56.3 Å². The van der Waals surface area contributed by atoms with Gasteiger partial charge in [0.2, 0.25) is 5.91 Å². The third kappa shape index (κ3) is 4.36. The first-order valence-corrected chi connectivity index (χ1v) is 10.9. The van der Waals surface area contributed by atoms with E-state index in [0.29, 0.717) is 24.5 Å². The number of aromatic nitrogens is 4. The van der Waals surface area contributed by atoms with Crippen LogP contribution >= 0.6 is 0 Å². The van der Waals surface area contributed by atoms with E-state index in [1.54, 1.807) is 4.90 Å². The van der Waals surface area contributed by atoms with Crippen LogP contribution in [-0.2, 0) is 24.1 Å². The number of nitrogens with two attached hydrogens (primary N) is 1. The lowest BCUT2D eigenvalue weighted by atomic mass is 9.85. The van der Waals surface area contributed by atoms with Gasteiger partial charge >= 0.3 is 6.18 Å². The molecule has 1 amide bonds. The minimum atomic E-state index is -4.55. The number of carbonyl (C=O) groups is 1. The van der Waals surface area contributed by atoms with Crippen LogP contribution in [0.4, 0.5) is 38.0 Å². The number of imidazole rings is 1.